The minimum Gasteiger partial charge on any atom is -0.387 e. The number of aromatic nitrogens is 1. The second-order valence-electron chi connectivity index (χ2n) is 4.67. The van der Waals surface area contributed by atoms with Gasteiger partial charge in [-0.2, -0.15) is 0 Å². The average Bonchev–Trinajstić information content (AvgIpc) is 2.28. The molecule has 4 heteroatoms. The van der Waals surface area contributed by atoms with Gasteiger partial charge in [-0.1, -0.05) is 25.4 Å². The smallest absolute Gasteiger partial charge is 0.150 e. The number of hydrogen-bond acceptors (Lipinski definition) is 2. The van der Waals surface area contributed by atoms with Crippen LogP contribution in [0.3, 0.4) is 0 Å². The van der Waals surface area contributed by atoms with Gasteiger partial charge in [-0.15, -0.1) is 0 Å². The number of hydrogen-bond donors (Lipinski definition) is 1. The molecule has 2 rings (SSSR count). The topological polar surface area (TPSA) is 24.9 Å². The molecule has 0 fully saturated rings. The number of halogens is 2. The Kier molecular flexibility index (Phi) is 3.44. The van der Waals surface area contributed by atoms with Crippen molar-refractivity contribution in [3.8, 4) is 0 Å². The largest absolute Gasteiger partial charge is 0.387 e. The SMILES string of the molecule is CNc1c(C(C)C)c(C)nc2c(F)cc(Cl)cc12. The number of anilines is 1. The molecule has 0 bridgehead atoms. The van der Waals surface area contributed by atoms with E-state index in [9.17, 15) is 4.39 Å². The van der Waals surface area contributed by atoms with Gasteiger partial charge in [-0.3, -0.25) is 0 Å². The highest BCUT2D eigenvalue weighted by Crippen LogP contribution is 2.35. The first-order valence-electron chi connectivity index (χ1n) is 5.92. The van der Waals surface area contributed by atoms with E-state index in [0.717, 1.165) is 22.3 Å². The molecular formula is C14H16ClFN2. The minimum atomic E-state index is -0.382. The Bertz CT molecular complexity index is 609. The van der Waals surface area contributed by atoms with Crippen molar-refractivity contribution >= 4 is 28.2 Å². The highest BCUT2D eigenvalue weighted by molar-refractivity contribution is 6.31. The minimum absolute atomic E-state index is 0.311. The standard InChI is InChI=1S/C14H16ClFN2/c1-7(2)12-8(3)18-13-10(14(12)17-4)5-9(15)6-11(13)16/h5-7H,1-4H3,(H,17,18). The van der Waals surface area contributed by atoms with E-state index in [-0.39, 0.29) is 5.82 Å². The maximum atomic E-state index is 13.9. The van der Waals surface area contributed by atoms with Crippen LogP contribution in [0, 0.1) is 12.7 Å². The molecule has 1 aromatic carbocycles. The quantitative estimate of drug-likeness (QED) is 0.866. The first kappa shape index (κ1) is 13.1. The lowest BCUT2D eigenvalue weighted by Crippen LogP contribution is -2.04. The Morgan fingerprint density at radius 3 is 2.56 bits per heavy atom. The molecule has 0 spiro atoms. The third-order valence-corrected chi connectivity index (χ3v) is 3.28. The molecule has 2 aromatic rings. The van der Waals surface area contributed by atoms with Gasteiger partial charge < -0.3 is 5.32 Å². The molecule has 0 amide bonds. The molecule has 1 aromatic heterocycles. The number of nitrogens with one attached hydrogen (secondary N) is 1. The molecule has 0 unspecified atom stereocenters. The molecule has 96 valence electrons. The van der Waals surface area contributed by atoms with Gasteiger partial charge in [0.2, 0.25) is 0 Å². The van der Waals surface area contributed by atoms with Crippen LogP contribution in [0.2, 0.25) is 5.02 Å². The lowest BCUT2D eigenvalue weighted by molar-refractivity contribution is 0.636. The van der Waals surface area contributed by atoms with Gasteiger partial charge >= 0.3 is 0 Å². The summed E-state index contributed by atoms with van der Waals surface area (Å²) in [7, 11) is 1.83. The first-order valence-corrected chi connectivity index (χ1v) is 6.30. The summed E-state index contributed by atoms with van der Waals surface area (Å²) in [6.07, 6.45) is 0. The lowest BCUT2D eigenvalue weighted by atomic mass is 9.96. The fraction of sp³-hybridized carbons (Fsp3) is 0.357. The fourth-order valence-electron chi connectivity index (χ4n) is 2.40. The first-order chi connectivity index (χ1) is 8.45. The van der Waals surface area contributed by atoms with Crippen LogP contribution in [-0.2, 0) is 0 Å². The Morgan fingerprint density at radius 2 is 2.00 bits per heavy atom. The van der Waals surface area contributed by atoms with Crippen molar-refractivity contribution < 1.29 is 4.39 Å². The molecule has 0 aliphatic rings. The third-order valence-electron chi connectivity index (χ3n) is 3.06. The zero-order chi connectivity index (χ0) is 13.4. The van der Waals surface area contributed by atoms with Crippen molar-refractivity contribution in [1.82, 2.24) is 4.98 Å². The highest BCUT2D eigenvalue weighted by atomic mass is 35.5. The third kappa shape index (κ3) is 2.03. The van der Waals surface area contributed by atoms with Crippen molar-refractivity contribution in [2.45, 2.75) is 26.7 Å². The number of nitrogens with zero attached hydrogens (tertiary/aromatic N) is 1. The molecule has 1 heterocycles. The van der Waals surface area contributed by atoms with E-state index in [1.165, 1.54) is 6.07 Å². The summed E-state index contributed by atoms with van der Waals surface area (Å²) in [5.41, 5.74) is 3.23. The molecule has 18 heavy (non-hydrogen) atoms. The van der Waals surface area contributed by atoms with E-state index in [2.05, 4.69) is 24.1 Å². The van der Waals surface area contributed by atoms with Gasteiger partial charge in [-0.25, -0.2) is 9.37 Å². The Labute approximate surface area is 111 Å². The normalized spacial score (nSPS) is 11.3. The highest BCUT2D eigenvalue weighted by Gasteiger charge is 2.17. The van der Waals surface area contributed by atoms with Gasteiger partial charge in [0.15, 0.2) is 5.82 Å². The van der Waals surface area contributed by atoms with Crippen LogP contribution in [0.5, 0.6) is 0 Å². The molecule has 0 atom stereocenters. The van der Waals surface area contributed by atoms with Crippen molar-refractivity contribution in [2.24, 2.45) is 0 Å². The van der Waals surface area contributed by atoms with Crippen LogP contribution in [0.1, 0.15) is 31.0 Å². The van der Waals surface area contributed by atoms with Gasteiger partial charge in [0, 0.05) is 28.8 Å². The van der Waals surface area contributed by atoms with Crippen LogP contribution in [-0.4, -0.2) is 12.0 Å². The monoisotopic (exact) mass is 266 g/mol. The van der Waals surface area contributed by atoms with E-state index in [1.54, 1.807) is 6.07 Å². The molecular weight excluding hydrogens is 251 g/mol. The van der Waals surface area contributed by atoms with Gasteiger partial charge in [0.1, 0.15) is 5.52 Å². The summed E-state index contributed by atoms with van der Waals surface area (Å²) < 4.78 is 13.9. The lowest BCUT2D eigenvalue weighted by Gasteiger charge is -2.18. The second-order valence-corrected chi connectivity index (χ2v) is 5.11. The van der Waals surface area contributed by atoms with Gasteiger partial charge in [0.05, 0.1) is 0 Å². The van der Waals surface area contributed by atoms with E-state index in [0.29, 0.717) is 16.5 Å². The molecule has 0 radical (unpaired) electrons. The number of fused-ring (bicyclic) bond motifs is 1. The number of pyridine rings is 1. The van der Waals surface area contributed by atoms with E-state index in [4.69, 9.17) is 11.6 Å². The van der Waals surface area contributed by atoms with Crippen LogP contribution in [0.15, 0.2) is 12.1 Å². The summed E-state index contributed by atoms with van der Waals surface area (Å²) in [5.74, 6) is -0.0706. The molecule has 0 saturated heterocycles. The maximum Gasteiger partial charge on any atom is 0.150 e. The second kappa shape index (κ2) is 4.73. The van der Waals surface area contributed by atoms with Crippen molar-refractivity contribution in [3.05, 3.63) is 34.2 Å². The number of benzene rings is 1. The van der Waals surface area contributed by atoms with Crippen molar-refractivity contribution in [2.75, 3.05) is 12.4 Å². The average molecular weight is 267 g/mol. The zero-order valence-electron chi connectivity index (χ0n) is 10.9. The molecule has 1 N–H and O–H groups in total. The Balaban J connectivity index is 2.94. The van der Waals surface area contributed by atoms with Crippen molar-refractivity contribution in [1.29, 1.82) is 0 Å². The van der Waals surface area contributed by atoms with Gasteiger partial charge in [-0.05, 0) is 30.5 Å². The molecule has 0 saturated carbocycles. The van der Waals surface area contributed by atoms with E-state index >= 15 is 0 Å². The van der Waals surface area contributed by atoms with Crippen LogP contribution < -0.4 is 5.32 Å². The summed E-state index contributed by atoms with van der Waals surface area (Å²) in [5, 5.41) is 4.27. The summed E-state index contributed by atoms with van der Waals surface area (Å²) >= 11 is 5.93. The molecule has 0 aliphatic heterocycles. The van der Waals surface area contributed by atoms with Crippen molar-refractivity contribution in [3.63, 3.8) is 0 Å². The number of rotatable bonds is 2. The predicted octanol–water partition coefficient (Wildman–Crippen LogP) is 4.50. The Morgan fingerprint density at radius 1 is 1.33 bits per heavy atom. The predicted molar refractivity (Wildman–Crippen MR) is 75.1 cm³/mol. The van der Waals surface area contributed by atoms with Crippen LogP contribution >= 0.6 is 11.6 Å². The molecule has 0 aliphatic carbocycles. The number of aryl methyl sites for hydroxylation is 1. The Hall–Kier alpha value is -1.35. The van der Waals surface area contributed by atoms with Crippen LogP contribution in [0.25, 0.3) is 10.9 Å². The summed E-state index contributed by atoms with van der Waals surface area (Å²) in [6, 6.07) is 3.05. The summed E-state index contributed by atoms with van der Waals surface area (Å²) in [6.45, 7) is 6.10. The molecule has 2 nitrogen and oxygen atoms in total. The summed E-state index contributed by atoms with van der Waals surface area (Å²) in [4.78, 5) is 4.37. The maximum absolute atomic E-state index is 13.9. The fourth-order valence-corrected chi connectivity index (χ4v) is 2.60. The zero-order valence-corrected chi connectivity index (χ0v) is 11.7. The van der Waals surface area contributed by atoms with Gasteiger partial charge in [0.25, 0.3) is 0 Å². The van der Waals surface area contributed by atoms with E-state index < -0.39 is 0 Å². The van der Waals surface area contributed by atoms with E-state index in [1.807, 2.05) is 14.0 Å². The van der Waals surface area contributed by atoms with Crippen LogP contribution in [0.4, 0.5) is 10.1 Å².